The summed E-state index contributed by atoms with van der Waals surface area (Å²) in [7, 11) is 0. The molecule has 0 unspecified atom stereocenters. The summed E-state index contributed by atoms with van der Waals surface area (Å²) >= 11 is 0. The molecule has 2 heteroatoms. The summed E-state index contributed by atoms with van der Waals surface area (Å²) in [5, 5.41) is 3.68. The Kier molecular flexibility index (Phi) is 4.91. The fraction of sp³-hybridized carbons (Fsp3) is 0.400. The minimum absolute atomic E-state index is 0.284. The zero-order valence-corrected chi connectivity index (χ0v) is 13.4. The van der Waals surface area contributed by atoms with Crippen LogP contribution in [-0.2, 0) is 11.3 Å². The van der Waals surface area contributed by atoms with Crippen molar-refractivity contribution in [3.8, 4) is 0 Å². The van der Waals surface area contributed by atoms with Gasteiger partial charge >= 0.3 is 0 Å². The summed E-state index contributed by atoms with van der Waals surface area (Å²) in [4.78, 5) is 0. The van der Waals surface area contributed by atoms with Gasteiger partial charge in [-0.25, -0.2) is 0 Å². The van der Waals surface area contributed by atoms with Crippen molar-refractivity contribution in [1.82, 2.24) is 5.32 Å². The first kappa shape index (κ1) is 15.3. The summed E-state index contributed by atoms with van der Waals surface area (Å²) in [6.45, 7) is 6.28. The molecule has 0 aromatic heterocycles. The lowest BCUT2D eigenvalue weighted by molar-refractivity contribution is -0.0555. The SMILES string of the molecule is C[C@H]1[C@@H](OCc2ccccc2)[C@H](C)CN[C@@H]1c1ccccc1. The van der Waals surface area contributed by atoms with Crippen LogP contribution >= 0.6 is 0 Å². The highest BCUT2D eigenvalue weighted by atomic mass is 16.5. The fourth-order valence-corrected chi connectivity index (χ4v) is 3.49. The number of hydrogen-bond acceptors (Lipinski definition) is 2. The van der Waals surface area contributed by atoms with Gasteiger partial charge in [0.2, 0.25) is 0 Å². The van der Waals surface area contributed by atoms with E-state index in [0.29, 0.717) is 24.5 Å². The predicted octanol–water partition coefficient (Wildman–Crippen LogP) is 4.19. The minimum atomic E-state index is 0.284. The zero-order valence-electron chi connectivity index (χ0n) is 13.4. The van der Waals surface area contributed by atoms with Crippen LogP contribution in [0.3, 0.4) is 0 Å². The van der Waals surface area contributed by atoms with Crippen LogP contribution in [0.25, 0.3) is 0 Å². The lowest BCUT2D eigenvalue weighted by atomic mass is 9.80. The zero-order chi connectivity index (χ0) is 15.4. The highest BCUT2D eigenvalue weighted by Crippen LogP contribution is 2.33. The van der Waals surface area contributed by atoms with E-state index in [4.69, 9.17) is 4.74 Å². The molecule has 1 saturated heterocycles. The quantitative estimate of drug-likeness (QED) is 0.913. The van der Waals surface area contributed by atoms with Crippen LogP contribution in [0.5, 0.6) is 0 Å². The van der Waals surface area contributed by atoms with E-state index in [1.165, 1.54) is 11.1 Å². The third-order valence-electron chi connectivity index (χ3n) is 4.71. The minimum Gasteiger partial charge on any atom is -0.373 e. The van der Waals surface area contributed by atoms with Crippen molar-refractivity contribution in [1.29, 1.82) is 0 Å². The smallest absolute Gasteiger partial charge is 0.0720 e. The van der Waals surface area contributed by atoms with Gasteiger partial charge in [-0.2, -0.15) is 0 Å². The molecule has 2 aromatic rings. The molecular weight excluding hydrogens is 270 g/mol. The molecule has 0 aliphatic carbocycles. The average Bonchev–Trinajstić information content (AvgIpc) is 2.56. The maximum atomic E-state index is 6.31. The Morgan fingerprint density at radius 1 is 0.955 bits per heavy atom. The van der Waals surface area contributed by atoms with Gasteiger partial charge in [0.05, 0.1) is 12.7 Å². The normalized spacial score (nSPS) is 28.5. The van der Waals surface area contributed by atoms with Crippen LogP contribution in [-0.4, -0.2) is 12.6 Å². The molecule has 22 heavy (non-hydrogen) atoms. The molecule has 1 fully saturated rings. The summed E-state index contributed by atoms with van der Waals surface area (Å²) in [6, 6.07) is 21.5. The Hall–Kier alpha value is -1.64. The van der Waals surface area contributed by atoms with Crippen molar-refractivity contribution >= 4 is 0 Å². The van der Waals surface area contributed by atoms with Crippen molar-refractivity contribution in [2.45, 2.75) is 32.6 Å². The van der Waals surface area contributed by atoms with Crippen LogP contribution in [0.4, 0.5) is 0 Å². The van der Waals surface area contributed by atoms with E-state index in [9.17, 15) is 0 Å². The van der Waals surface area contributed by atoms with Gasteiger partial charge in [-0.1, -0.05) is 74.5 Å². The second-order valence-electron chi connectivity index (χ2n) is 6.39. The molecule has 2 aromatic carbocycles. The number of ether oxygens (including phenoxy) is 1. The van der Waals surface area contributed by atoms with Crippen molar-refractivity contribution in [2.24, 2.45) is 11.8 Å². The topological polar surface area (TPSA) is 21.3 Å². The molecule has 0 amide bonds. The van der Waals surface area contributed by atoms with E-state index in [1.807, 2.05) is 6.07 Å². The first-order valence-electron chi connectivity index (χ1n) is 8.19. The number of piperidine rings is 1. The number of nitrogens with one attached hydrogen (secondary N) is 1. The summed E-state index contributed by atoms with van der Waals surface area (Å²) < 4.78 is 6.31. The Labute approximate surface area is 133 Å². The summed E-state index contributed by atoms with van der Waals surface area (Å²) in [5.41, 5.74) is 2.60. The van der Waals surface area contributed by atoms with Crippen molar-refractivity contribution in [3.05, 3.63) is 71.8 Å². The molecule has 116 valence electrons. The van der Waals surface area contributed by atoms with Gasteiger partial charge in [-0.05, 0) is 17.0 Å². The highest BCUT2D eigenvalue weighted by molar-refractivity contribution is 5.21. The van der Waals surface area contributed by atoms with Crippen molar-refractivity contribution in [2.75, 3.05) is 6.54 Å². The van der Waals surface area contributed by atoms with E-state index < -0.39 is 0 Å². The van der Waals surface area contributed by atoms with Crippen LogP contribution < -0.4 is 5.32 Å². The lowest BCUT2D eigenvalue weighted by Crippen LogP contribution is -2.48. The molecule has 4 atom stereocenters. The molecule has 0 saturated carbocycles. The monoisotopic (exact) mass is 295 g/mol. The van der Waals surface area contributed by atoms with Crippen molar-refractivity contribution < 1.29 is 4.74 Å². The molecular formula is C20H25NO. The van der Waals surface area contributed by atoms with E-state index in [2.05, 4.69) is 73.8 Å². The summed E-state index contributed by atoms with van der Waals surface area (Å²) in [5.74, 6) is 0.980. The van der Waals surface area contributed by atoms with E-state index in [1.54, 1.807) is 0 Å². The van der Waals surface area contributed by atoms with Gasteiger partial charge in [0.1, 0.15) is 0 Å². The number of hydrogen-bond donors (Lipinski definition) is 1. The van der Waals surface area contributed by atoms with E-state index in [0.717, 1.165) is 6.54 Å². The third-order valence-corrected chi connectivity index (χ3v) is 4.71. The van der Waals surface area contributed by atoms with Crippen LogP contribution in [0.15, 0.2) is 60.7 Å². The molecule has 0 spiro atoms. The van der Waals surface area contributed by atoms with Gasteiger partial charge < -0.3 is 10.1 Å². The second-order valence-corrected chi connectivity index (χ2v) is 6.39. The van der Waals surface area contributed by atoms with Crippen LogP contribution in [0, 0.1) is 11.8 Å². The van der Waals surface area contributed by atoms with Gasteiger partial charge in [0.25, 0.3) is 0 Å². The van der Waals surface area contributed by atoms with E-state index >= 15 is 0 Å². The van der Waals surface area contributed by atoms with Crippen LogP contribution in [0.2, 0.25) is 0 Å². The largest absolute Gasteiger partial charge is 0.373 e. The van der Waals surface area contributed by atoms with Gasteiger partial charge in [-0.15, -0.1) is 0 Å². The summed E-state index contributed by atoms with van der Waals surface area (Å²) in [6.07, 6.45) is 0.284. The maximum Gasteiger partial charge on any atom is 0.0720 e. The molecule has 1 heterocycles. The predicted molar refractivity (Wildman–Crippen MR) is 90.5 cm³/mol. The molecule has 0 radical (unpaired) electrons. The fourth-order valence-electron chi connectivity index (χ4n) is 3.49. The van der Waals surface area contributed by atoms with E-state index in [-0.39, 0.29) is 6.10 Å². The van der Waals surface area contributed by atoms with Gasteiger partial charge in [0.15, 0.2) is 0 Å². The molecule has 1 aliphatic heterocycles. The molecule has 2 nitrogen and oxygen atoms in total. The molecule has 3 rings (SSSR count). The highest BCUT2D eigenvalue weighted by Gasteiger charge is 2.35. The standard InChI is InChI=1S/C20H25NO/c1-15-13-21-19(18-11-7-4-8-12-18)16(2)20(15)22-14-17-9-5-3-6-10-17/h3-12,15-16,19-21H,13-14H2,1-2H3/t15-,16-,19+,20+/m1/s1. The Bertz CT molecular complexity index is 569. The number of rotatable bonds is 4. The molecule has 0 bridgehead atoms. The molecule has 1 N–H and O–H groups in total. The average molecular weight is 295 g/mol. The third kappa shape index (κ3) is 3.40. The molecule has 1 aliphatic rings. The lowest BCUT2D eigenvalue weighted by Gasteiger charge is -2.41. The van der Waals surface area contributed by atoms with Gasteiger partial charge in [0, 0.05) is 18.5 Å². The first-order chi connectivity index (χ1) is 10.8. The van der Waals surface area contributed by atoms with Crippen LogP contribution in [0.1, 0.15) is 31.0 Å². The second kappa shape index (κ2) is 7.08. The first-order valence-corrected chi connectivity index (χ1v) is 8.19. The Morgan fingerprint density at radius 2 is 1.59 bits per heavy atom. The van der Waals surface area contributed by atoms with Gasteiger partial charge in [-0.3, -0.25) is 0 Å². The Morgan fingerprint density at radius 3 is 2.27 bits per heavy atom. The maximum absolute atomic E-state index is 6.31. The number of benzene rings is 2. The Balaban J connectivity index is 1.69. The van der Waals surface area contributed by atoms with Crippen molar-refractivity contribution in [3.63, 3.8) is 0 Å².